The van der Waals surface area contributed by atoms with Gasteiger partial charge in [0.05, 0.1) is 33.6 Å². The highest BCUT2D eigenvalue weighted by molar-refractivity contribution is 8.01. The molecule has 2 aliphatic heterocycles. The molecule has 1 fully saturated rings. The number of unbranched alkanes of at least 4 members (excludes halogenated alkanes) is 1. The molecular weight excluding hydrogens is 598 g/mol. The summed E-state index contributed by atoms with van der Waals surface area (Å²) in [5, 5.41) is 0. The molecule has 9 heteroatoms. The predicted molar refractivity (Wildman–Crippen MR) is 186 cm³/mol. The fourth-order valence-corrected chi connectivity index (χ4v) is 8.11. The van der Waals surface area contributed by atoms with Crippen molar-refractivity contribution in [2.75, 3.05) is 79.2 Å². The van der Waals surface area contributed by atoms with Gasteiger partial charge in [-0.25, -0.2) is 0 Å². The number of hydrogen-bond acceptors (Lipinski definition) is 8. The fourth-order valence-electron chi connectivity index (χ4n) is 6.56. The van der Waals surface area contributed by atoms with Crippen LogP contribution in [0.15, 0.2) is 65.6 Å². The third-order valence-corrected chi connectivity index (χ3v) is 11.0. The molecule has 1 atom stereocenters. The highest BCUT2D eigenvalue weighted by Gasteiger charge is 2.51. The Morgan fingerprint density at radius 3 is 2.11 bits per heavy atom. The molecule has 0 bridgehead atoms. The van der Waals surface area contributed by atoms with Crippen LogP contribution in [0.4, 0.5) is 5.69 Å². The zero-order valence-electron chi connectivity index (χ0n) is 28.2. The minimum absolute atomic E-state index is 0.0743. The van der Waals surface area contributed by atoms with E-state index in [9.17, 15) is 4.79 Å². The average Bonchev–Trinajstić information content (AvgIpc) is 3.09. The van der Waals surface area contributed by atoms with E-state index in [-0.39, 0.29) is 11.8 Å². The molecule has 0 unspecified atom stereocenters. The van der Waals surface area contributed by atoms with Gasteiger partial charge in [-0.2, -0.15) is 0 Å². The number of carbonyl (C=O) groups excluding carboxylic acids is 1. The first-order valence-corrected chi connectivity index (χ1v) is 17.2. The molecule has 248 valence electrons. The zero-order chi connectivity index (χ0) is 32.7. The van der Waals surface area contributed by atoms with Crippen LogP contribution < -0.4 is 23.8 Å². The molecule has 3 aromatic rings. The summed E-state index contributed by atoms with van der Waals surface area (Å²) < 4.78 is 22.2. The van der Waals surface area contributed by atoms with Gasteiger partial charge in [-0.1, -0.05) is 44.2 Å². The van der Waals surface area contributed by atoms with Crippen molar-refractivity contribution in [2.24, 2.45) is 5.92 Å². The van der Waals surface area contributed by atoms with E-state index in [1.165, 1.54) is 0 Å². The van der Waals surface area contributed by atoms with Gasteiger partial charge in [0.1, 0.15) is 16.2 Å². The number of anilines is 1. The van der Waals surface area contributed by atoms with Gasteiger partial charge >= 0.3 is 0 Å². The summed E-state index contributed by atoms with van der Waals surface area (Å²) in [6.45, 7) is 11.2. The second-order valence-corrected chi connectivity index (χ2v) is 13.6. The lowest BCUT2D eigenvalue weighted by Gasteiger charge is -2.44. The van der Waals surface area contributed by atoms with Crippen LogP contribution in [0.2, 0.25) is 0 Å². The maximum atomic E-state index is 14.0. The van der Waals surface area contributed by atoms with Crippen molar-refractivity contribution >= 4 is 23.4 Å². The van der Waals surface area contributed by atoms with Crippen LogP contribution in [-0.2, 0) is 16.0 Å². The third kappa shape index (κ3) is 7.11. The molecule has 0 spiro atoms. The lowest BCUT2D eigenvalue weighted by molar-refractivity contribution is -0.122. The van der Waals surface area contributed by atoms with E-state index in [4.69, 9.17) is 18.9 Å². The maximum absolute atomic E-state index is 14.0. The van der Waals surface area contributed by atoms with Crippen LogP contribution in [0.3, 0.4) is 0 Å². The number of benzene rings is 3. The van der Waals surface area contributed by atoms with E-state index in [1.54, 1.807) is 33.1 Å². The van der Waals surface area contributed by atoms with Crippen molar-refractivity contribution in [3.05, 3.63) is 71.8 Å². The van der Waals surface area contributed by atoms with Gasteiger partial charge in [0.25, 0.3) is 0 Å². The SMILES string of the molecule is COc1cc(OC)c(OC)cc1CCN1CCN(CCCCOc2ccccc2[C@@]2(C(C)C)Sc3ccccc3N(C)C2=O)CC1. The van der Waals surface area contributed by atoms with E-state index < -0.39 is 4.75 Å². The standard InChI is InChI=1S/C37H49N3O5S/c1-27(2)37(36(41)38(3)30-14-8-10-16-35(30)46-37)29-13-7-9-15-31(29)45-24-12-11-18-39-20-22-40(23-21-39)19-17-28-25-33(43-5)34(44-6)26-32(28)42-4/h7-10,13-16,25-27H,11-12,17-24H2,1-6H3/t37-/m1/s1. The van der Waals surface area contributed by atoms with E-state index in [0.29, 0.717) is 12.4 Å². The minimum atomic E-state index is -0.746. The largest absolute Gasteiger partial charge is 0.496 e. The minimum Gasteiger partial charge on any atom is -0.496 e. The lowest BCUT2D eigenvalue weighted by atomic mass is 9.85. The molecule has 0 aromatic heterocycles. The summed E-state index contributed by atoms with van der Waals surface area (Å²) in [5.74, 6) is 3.24. The summed E-state index contributed by atoms with van der Waals surface area (Å²) in [7, 11) is 6.89. The number of hydrogen-bond donors (Lipinski definition) is 0. The summed E-state index contributed by atoms with van der Waals surface area (Å²) in [5.41, 5.74) is 3.06. The number of ether oxygens (including phenoxy) is 4. The summed E-state index contributed by atoms with van der Waals surface area (Å²) >= 11 is 1.66. The Kier molecular flexibility index (Phi) is 11.4. The Morgan fingerprint density at radius 1 is 0.783 bits per heavy atom. The monoisotopic (exact) mass is 647 g/mol. The molecule has 0 saturated carbocycles. The zero-order valence-corrected chi connectivity index (χ0v) is 29.0. The van der Waals surface area contributed by atoms with Gasteiger partial charge in [-0.15, -0.1) is 11.8 Å². The highest BCUT2D eigenvalue weighted by atomic mass is 32.2. The summed E-state index contributed by atoms with van der Waals surface area (Å²) in [4.78, 5) is 22.0. The fraction of sp³-hybridized carbons (Fsp3) is 0.486. The highest BCUT2D eigenvalue weighted by Crippen LogP contribution is 2.56. The summed E-state index contributed by atoms with van der Waals surface area (Å²) in [6, 6.07) is 20.2. The van der Waals surface area contributed by atoms with Gasteiger partial charge < -0.3 is 33.6 Å². The number of fused-ring (bicyclic) bond motifs is 1. The number of nitrogens with zero attached hydrogens (tertiary/aromatic N) is 3. The van der Waals surface area contributed by atoms with Crippen molar-refractivity contribution in [2.45, 2.75) is 42.8 Å². The number of para-hydroxylation sites is 2. The smallest absolute Gasteiger partial charge is 0.248 e. The Hall–Kier alpha value is -3.40. The number of rotatable bonds is 14. The van der Waals surface area contributed by atoms with E-state index in [1.807, 2.05) is 60.5 Å². The maximum Gasteiger partial charge on any atom is 0.248 e. The Bertz CT molecular complexity index is 1480. The number of carbonyl (C=O) groups is 1. The Balaban J connectivity index is 1.10. The topological polar surface area (TPSA) is 63.7 Å². The van der Waals surface area contributed by atoms with Crippen LogP contribution in [0, 0.1) is 5.92 Å². The quantitative estimate of drug-likeness (QED) is 0.188. The van der Waals surface area contributed by atoms with Crippen LogP contribution in [-0.4, -0.2) is 90.0 Å². The summed E-state index contributed by atoms with van der Waals surface area (Å²) in [6.07, 6.45) is 2.93. The Morgan fingerprint density at radius 2 is 1.41 bits per heavy atom. The molecule has 1 saturated heterocycles. The number of methoxy groups -OCH3 is 3. The molecule has 1 amide bonds. The van der Waals surface area contributed by atoms with E-state index >= 15 is 0 Å². The van der Waals surface area contributed by atoms with Crippen molar-refractivity contribution < 1.29 is 23.7 Å². The van der Waals surface area contributed by atoms with E-state index in [0.717, 1.165) is 97.5 Å². The molecule has 8 nitrogen and oxygen atoms in total. The van der Waals surface area contributed by atoms with Crippen LogP contribution in [0.5, 0.6) is 23.0 Å². The van der Waals surface area contributed by atoms with Crippen molar-refractivity contribution in [1.82, 2.24) is 9.80 Å². The van der Waals surface area contributed by atoms with Gasteiger partial charge in [0.2, 0.25) is 5.91 Å². The van der Waals surface area contributed by atoms with Crippen LogP contribution in [0.1, 0.15) is 37.8 Å². The van der Waals surface area contributed by atoms with Crippen molar-refractivity contribution in [3.63, 3.8) is 0 Å². The van der Waals surface area contributed by atoms with Gasteiger partial charge in [-0.3, -0.25) is 4.79 Å². The predicted octanol–water partition coefficient (Wildman–Crippen LogP) is 6.35. The first kappa shape index (κ1) is 33.9. The lowest BCUT2D eigenvalue weighted by Crippen LogP contribution is -2.49. The molecule has 2 aliphatic rings. The molecule has 3 aromatic carbocycles. The number of piperazine rings is 1. The number of thioether (sulfide) groups is 1. The van der Waals surface area contributed by atoms with E-state index in [2.05, 4.69) is 35.8 Å². The first-order chi connectivity index (χ1) is 22.3. The molecule has 0 aliphatic carbocycles. The second kappa shape index (κ2) is 15.5. The van der Waals surface area contributed by atoms with Gasteiger partial charge in [0.15, 0.2) is 11.5 Å². The third-order valence-electron chi connectivity index (χ3n) is 9.30. The molecule has 0 N–H and O–H groups in total. The normalized spacial score (nSPS) is 18.8. The molecular formula is C37H49N3O5S. The number of amides is 1. The van der Waals surface area contributed by atoms with Crippen molar-refractivity contribution in [1.29, 1.82) is 0 Å². The Labute approximate surface area is 278 Å². The first-order valence-electron chi connectivity index (χ1n) is 16.3. The van der Waals surface area contributed by atoms with Gasteiger partial charge in [-0.05, 0) is 61.6 Å². The average molecular weight is 648 g/mol. The van der Waals surface area contributed by atoms with Crippen LogP contribution in [0.25, 0.3) is 0 Å². The molecule has 46 heavy (non-hydrogen) atoms. The molecule has 5 rings (SSSR count). The van der Waals surface area contributed by atoms with Gasteiger partial charge in [0, 0.05) is 56.3 Å². The van der Waals surface area contributed by atoms with Crippen molar-refractivity contribution in [3.8, 4) is 23.0 Å². The number of likely N-dealkylation sites (N-methyl/N-ethyl adjacent to an activating group) is 1. The molecule has 2 heterocycles. The second-order valence-electron chi connectivity index (χ2n) is 12.3. The van der Waals surface area contributed by atoms with Crippen LogP contribution >= 0.6 is 11.8 Å². The molecule has 0 radical (unpaired) electrons.